The van der Waals surface area contributed by atoms with Crippen LogP contribution in [0.3, 0.4) is 0 Å². The summed E-state index contributed by atoms with van der Waals surface area (Å²) in [5.41, 5.74) is 28.5. The van der Waals surface area contributed by atoms with E-state index in [4.69, 9.17) is 53.1 Å². The maximum atomic E-state index is 12.1. The Morgan fingerprint density at radius 2 is 0.810 bits per heavy atom. The number of piperidine rings is 3. The minimum Gasteiger partial charge on any atom is -0.457 e. The maximum absolute atomic E-state index is 12.1. The van der Waals surface area contributed by atoms with E-state index in [1.165, 1.54) is 31.1 Å². The van der Waals surface area contributed by atoms with Crippen LogP contribution in [-0.2, 0) is 14.4 Å². The summed E-state index contributed by atoms with van der Waals surface area (Å²) in [5, 5.41) is 18.8. The van der Waals surface area contributed by atoms with Crippen molar-refractivity contribution >= 4 is 68.3 Å². The zero-order chi connectivity index (χ0) is 69.1. The molecule has 0 bridgehead atoms. The molecule has 3 aliphatic rings. The summed E-state index contributed by atoms with van der Waals surface area (Å²) < 4.78 is 23.5. The molecule has 1 unspecified atom stereocenters. The summed E-state index contributed by atoms with van der Waals surface area (Å²) in [4.78, 5) is 65.1. The zero-order valence-corrected chi connectivity index (χ0v) is 54.6. The number of aromatic nitrogens is 12. The standard InChI is InChI=1S/C25H25N7O2.C25H22N6O2.C25H24N6O2/c1-2-21(33)29-31-14-12-18(13-15-31)32-25-22(24(26)27-16-28-25)23(30-32)17-8-10-20(11-9-17)34-19-6-4-3-5-7-19;1-2-21(32)30-14-6-7-18(15-30)31-25-22(24(26)27-16-28-25)23(29-31)17-10-12-20(13-11-17)33-19-8-4-3-5-9-19;1-2-21(32)30-14-12-18(13-15-30)31-25-22(24(26)27-16-28-25)23(29-31)17-8-10-20(11-9-17)33-19-6-4-3-5-7-19/h2-11,16,18H,1,12-15H2,(H,29,33)(H2,26,27,28);1,3-5,8-13,16,18H,6-7,14-15H2,(H2,26,27,28);2-11,16,18H,1,12-15H2,(H2,26,27,28). The Bertz CT molecular complexity index is 4930. The van der Waals surface area contributed by atoms with Crippen molar-refractivity contribution in [2.45, 2.75) is 56.7 Å². The van der Waals surface area contributed by atoms with E-state index < -0.39 is 0 Å². The van der Waals surface area contributed by atoms with Crippen molar-refractivity contribution in [3.63, 3.8) is 0 Å². The lowest BCUT2D eigenvalue weighted by Gasteiger charge is -2.31. The van der Waals surface area contributed by atoms with E-state index in [-0.39, 0.29) is 35.8 Å². The van der Waals surface area contributed by atoms with Gasteiger partial charge in [-0.1, -0.05) is 67.8 Å². The van der Waals surface area contributed by atoms with E-state index in [0.717, 1.165) is 106 Å². The van der Waals surface area contributed by atoms with Crippen LogP contribution < -0.4 is 36.8 Å². The number of carbonyl (C=O) groups excluding carboxylic acids is 3. The van der Waals surface area contributed by atoms with Gasteiger partial charge >= 0.3 is 0 Å². The molecule has 25 nitrogen and oxygen atoms in total. The highest BCUT2D eigenvalue weighted by molar-refractivity contribution is 6.00. The van der Waals surface area contributed by atoms with Gasteiger partial charge in [0.25, 0.3) is 11.8 Å². The first-order chi connectivity index (χ1) is 48.9. The fourth-order valence-corrected chi connectivity index (χ4v) is 12.6. The summed E-state index contributed by atoms with van der Waals surface area (Å²) in [6.45, 7) is 10.9. The summed E-state index contributed by atoms with van der Waals surface area (Å²) in [7, 11) is 0. The van der Waals surface area contributed by atoms with E-state index in [2.05, 4.69) is 54.4 Å². The number of hydrogen-bond acceptors (Lipinski definition) is 19. The van der Waals surface area contributed by atoms with Crippen molar-refractivity contribution in [3.05, 3.63) is 208 Å². The summed E-state index contributed by atoms with van der Waals surface area (Å²) >= 11 is 0. The Labute approximate surface area is 575 Å². The molecule has 9 heterocycles. The number of hydrogen-bond donors (Lipinski definition) is 4. The van der Waals surface area contributed by atoms with Crippen LogP contribution in [0.25, 0.3) is 66.9 Å². The van der Waals surface area contributed by atoms with Gasteiger partial charge < -0.3 is 41.2 Å². The van der Waals surface area contributed by atoms with E-state index in [9.17, 15) is 14.4 Å². The first-order valence-electron chi connectivity index (χ1n) is 32.7. The molecule has 6 aromatic carbocycles. The molecule has 502 valence electrons. The van der Waals surface area contributed by atoms with Crippen molar-refractivity contribution < 1.29 is 28.6 Å². The number of ether oxygens (including phenoxy) is 3. The number of nitrogens with one attached hydrogen (secondary N) is 1. The quantitative estimate of drug-likeness (QED) is 0.0547. The van der Waals surface area contributed by atoms with Gasteiger partial charge in [0.15, 0.2) is 16.9 Å². The third-order valence-corrected chi connectivity index (χ3v) is 17.6. The minimum atomic E-state index is -0.306. The van der Waals surface area contributed by atoms with Gasteiger partial charge in [-0.15, -0.1) is 6.42 Å². The third-order valence-electron chi connectivity index (χ3n) is 17.6. The van der Waals surface area contributed by atoms with Crippen molar-refractivity contribution in [2.75, 3.05) is 56.5 Å². The number of likely N-dealkylation sites (tertiary alicyclic amines) is 2. The van der Waals surface area contributed by atoms with Gasteiger partial charge in [0.2, 0.25) is 5.91 Å². The van der Waals surface area contributed by atoms with Crippen LogP contribution in [-0.4, -0.2) is 131 Å². The average Bonchev–Trinajstić information content (AvgIpc) is 1.63. The summed E-state index contributed by atoms with van der Waals surface area (Å²) in [5.74, 6) is 7.31. The van der Waals surface area contributed by atoms with Crippen LogP contribution in [0.4, 0.5) is 17.5 Å². The van der Waals surface area contributed by atoms with Gasteiger partial charge in [-0.3, -0.25) is 19.8 Å². The number of nitrogens with two attached hydrogens (primary N) is 3. The van der Waals surface area contributed by atoms with E-state index in [1.54, 1.807) is 4.90 Å². The number of terminal acetylenes is 1. The molecular weight excluding hydrogens is 1260 g/mol. The first kappa shape index (κ1) is 65.8. The molecule has 1 atom stereocenters. The molecule has 0 aliphatic carbocycles. The number of carbonyl (C=O) groups is 3. The van der Waals surface area contributed by atoms with E-state index in [0.29, 0.717) is 90.5 Å². The second kappa shape index (κ2) is 30.1. The molecule has 0 saturated carbocycles. The van der Waals surface area contributed by atoms with Crippen LogP contribution in [0.1, 0.15) is 56.7 Å². The number of nitrogens with zero attached hydrogens (tertiary/aromatic N) is 15. The van der Waals surface area contributed by atoms with Gasteiger partial charge in [-0.2, -0.15) is 15.3 Å². The van der Waals surface area contributed by atoms with Gasteiger partial charge in [0.1, 0.15) is 88.0 Å². The molecule has 6 aromatic heterocycles. The van der Waals surface area contributed by atoms with Crippen LogP contribution in [0.15, 0.2) is 208 Å². The molecule has 25 heteroatoms. The Morgan fingerprint density at radius 3 is 1.17 bits per heavy atom. The zero-order valence-electron chi connectivity index (χ0n) is 54.6. The highest BCUT2D eigenvalue weighted by atomic mass is 16.5. The van der Waals surface area contributed by atoms with Crippen molar-refractivity contribution in [1.82, 2.24) is 79.5 Å². The minimum absolute atomic E-state index is 0.0381. The predicted octanol–water partition coefficient (Wildman–Crippen LogP) is 11.6. The normalized spacial score (nSPS) is 15.0. The number of hydrazine groups is 1. The molecule has 100 heavy (non-hydrogen) atoms. The molecule has 15 rings (SSSR count). The highest BCUT2D eigenvalue weighted by Crippen LogP contribution is 2.39. The van der Waals surface area contributed by atoms with Crippen molar-refractivity contribution in [3.8, 4) is 80.6 Å². The molecule has 3 aliphatic heterocycles. The molecule has 0 radical (unpaired) electrons. The Morgan fingerprint density at radius 1 is 0.450 bits per heavy atom. The number of benzene rings is 6. The fourth-order valence-electron chi connectivity index (χ4n) is 12.6. The first-order valence-corrected chi connectivity index (χ1v) is 32.7. The van der Waals surface area contributed by atoms with E-state index in [1.807, 2.05) is 188 Å². The molecule has 3 saturated heterocycles. The number of amides is 3. The average molecular weight is 1330 g/mol. The Kier molecular flexibility index (Phi) is 19.8. The summed E-state index contributed by atoms with van der Waals surface area (Å²) in [6.07, 6.45) is 17.2. The monoisotopic (exact) mass is 1330 g/mol. The second-order valence-electron chi connectivity index (χ2n) is 23.9. The molecule has 7 N–H and O–H groups in total. The predicted molar refractivity (Wildman–Crippen MR) is 382 cm³/mol. The molecule has 12 aromatic rings. The van der Waals surface area contributed by atoms with Gasteiger partial charge in [0.05, 0.1) is 34.3 Å². The second-order valence-corrected chi connectivity index (χ2v) is 23.9. The molecule has 0 spiro atoms. The molecule has 3 fully saturated rings. The van der Waals surface area contributed by atoms with Crippen molar-refractivity contribution in [2.24, 2.45) is 0 Å². The number of nitrogen functional groups attached to an aromatic ring is 3. The number of rotatable bonds is 15. The lowest BCUT2D eigenvalue weighted by molar-refractivity contribution is -0.127. The van der Waals surface area contributed by atoms with E-state index >= 15 is 0 Å². The number of anilines is 3. The molecular formula is C75H71N19O6. The largest absolute Gasteiger partial charge is 0.457 e. The molecule has 3 amide bonds. The Balaban J connectivity index is 0.000000134. The summed E-state index contributed by atoms with van der Waals surface area (Å²) in [6, 6.07) is 52.2. The van der Waals surface area contributed by atoms with Crippen LogP contribution in [0.5, 0.6) is 34.5 Å². The lowest BCUT2D eigenvalue weighted by Crippen LogP contribution is -2.46. The number of fused-ring (bicyclic) bond motifs is 3. The smallest absolute Gasteiger partial charge is 0.298 e. The fraction of sp³-hybridized carbons (Fsp3) is 0.200. The number of para-hydroxylation sites is 3. The maximum Gasteiger partial charge on any atom is 0.298 e. The topological polar surface area (TPSA) is 310 Å². The lowest BCUT2D eigenvalue weighted by atomic mass is 10.1. The van der Waals surface area contributed by atoms with Crippen LogP contribution in [0, 0.1) is 12.3 Å². The van der Waals surface area contributed by atoms with Crippen molar-refractivity contribution in [1.29, 1.82) is 0 Å². The van der Waals surface area contributed by atoms with Crippen LogP contribution >= 0.6 is 0 Å². The van der Waals surface area contributed by atoms with Crippen LogP contribution in [0.2, 0.25) is 0 Å². The van der Waals surface area contributed by atoms with Gasteiger partial charge in [-0.05, 0) is 166 Å². The van der Waals surface area contributed by atoms with Gasteiger partial charge in [-0.25, -0.2) is 49.0 Å². The van der Waals surface area contributed by atoms with Gasteiger partial charge in [0, 0.05) is 56.0 Å². The Hall–Kier alpha value is -12.8. The highest BCUT2D eigenvalue weighted by Gasteiger charge is 2.31. The third kappa shape index (κ3) is 14.6. The SMILES string of the molecule is C#CC(=O)N1CCCC(n2nc(-c3ccc(Oc4ccccc4)cc3)c3c(N)ncnc32)C1.C=CC(=O)N1CCC(n2nc(-c3ccc(Oc4ccccc4)cc3)c3c(N)ncnc32)CC1.C=CC(=O)NN1CCC(n2nc(-c3ccc(Oc4ccccc4)cc3)c3c(N)ncnc32)CC1.